The molecular weight excluding hydrogens is 464 g/mol. The number of nitrogens with one attached hydrogen (secondary N) is 2. The van der Waals surface area contributed by atoms with E-state index in [1.165, 1.54) is 0 Å². The van der Waals surface area contributed by atoms with Crippen molar-refractivity contribution in [3.63, 3.8) is 0 Å². The molecule has 0 saturated carbocycles. The van der Waals surface area contributed by atoms with E-state index in [1.54, 1.807) is 0 Å². The van der Waals surface area contributed by atoms with Gasteiger partial charge in [-0.25, -0.2) is 0 Å². The second-order valence-electron chi connectivity index (χ2n) is 9.12. The van der Waals surface area contributed by atoms with Crippen LogP contribution >= 0.6 is 0 Å². The highest BCUT2D eigenvalue weighted by atomic mass is 16.5. The number of amides is 2. The summed E-state index contributed by atoms with van der Waals surface area (Å²) in [7, 11) is 0. The molecule has 1 aliphatic heterocycles. The molecule has 37 heavy (non-hydrogen) atoms. The minimum Gasteiger partial charge on any atom is -0.456 e. The van der Waals surface area contributed by atoms with E-state index >= 15 is 0 Å². The summed E-state index contributed by atoms with van der Waals surface area (Å²) in [4.78, 5) is 38.0. The topological polar surface area (TPSA) is 84.5 Å². The zero-order valence-corrected chi connectivity index (χ0v) is 20.8. The quantitative estimate of drug-likeness (QED) is 0.367. The molecule has 0 radical (unpaired) electrons. The van der Waals surface area contributed by atoms with Gasteiger partial charge in [-0.15, -0.1) is 0 Å². The fourth-order valence-corrected chi connectivity index (χ4v) is 4.26. The van der Waals surface area contributed by atoms with Gasteiger partial charge in [-0.1, -0.05) is 97.1 Å². The van der Waals surface area contributed by atoms with Crippen molar-refractivity contribution in [3.05, 3.63) is 108 Å². The maximum absolute atomic E-state index is 13.0. The van der Waals surface area contributed by atoms with Crippen molar-refractivity contribution in [2.75, 3.05) is 6.54 Å². The lowest BCUT2D eigenvalue weighted by Crippen LogP contribution is -2.37. The van der Waals surface area contributed by atoms with Gasteiger partial charge >= 0.3 is 5.97 Å². The molecule has 2 amide bonds. The highest BCUT2D eigenvalue weighted by Crippen LogP contribution is 2.21. The lowest BCUT2D eigenvalue weighted by Gasteiger charge is -2.21. The zero-order chi connectivity index (χ0) is 25.9. The van der Waals surface area contributed by atoms with Gasteiger partial charge in [0.2, 0.25) is 11.8 Å². The van der Waals surface area contributed by atoms with Crippen molar-refractivity contribution >= 4 is 17.8 Å². The number of hydrogen-bond acceptors (Lipinski definition) is 4. The number of benzene rings is 3. The molecule has 0 saturated heterocycles. The van der Waals surface area contributed by atoms with Crippen molar-refractivity contribution in [3.8, 4) is 11.1 Å². The standard InChI is InChI=1S/C31H32N2O4/c34-29(32-21-23-16-18-25(19-17-23)24-10-4-1-5-11-24)20-27-14-8-3-9-15-30(35)37-28(22-33-31(27)36)26-12-6-2-7-13-26/h1-8,10-13,16-19,27-28H,9,14-15,20-22H2,(H,32,34)(H,33,36)/b8-3-/t27-,28-/m0/s1. The van der Waals surface area contributed by atoms with Gasteiger partial charge in [-0.3, -0.25) is 14.4 Å². The summed E-state index contributed by atoms with van der Waals surface area (Å²) < 4.78 is 5.63. The van der Waals surface area contributed by atoms with E-state index < -0.39 is 12.0 Å². The molecule has 0 aromatic heterocycles. The van der Waals surface area contributed by atoms with Crippen molar-refractivity contribution in [1.82, 2.24) is 10.6 Å². The van der Waals surface area contributed by atoms with Crippen LogP contribution in [0.15, 0.2) is 97.1 Å². The number of ether oxygens (including phenoxy) is 1. The Hall–Kier alpha value is -4.19. The van der Waals surface area contributed by atoms with E-state index in [4.69, 9.17) is 4.74 Å². The third-order valence-electron chi connectivity index (χ3n) is 6.36. The number of esters is 1. The first kappa shape index (κ1) is 25.9. The minimum absolute atomic E-state index is 0.0774. The fraction of sp³-hybridized carbons (Fsp3) is 0.258. The molecule has 2 atom stereocenters. The number of allylic oxidation sites excluding steroid dienone is 2. The summed E-state index contributed by atoms with van der Waals surface area (Å²) in [5.74, 6) is -1.23. The van der Waals surface area contributed by atoms with Gasteiger partial charge in [0.05, 0.1) is 12.5 Å². The molecule has 6 nitrogen and oxygen atoms in total. The van der Waals surface area contributed by atoms with Crippen molar-refractivity contribution in [1.29, 1.82) is 0 Å². The third kappa shape index (κ3) is 7.90. The Balaban J connectivity index is 1.34. The monoisotopic (exact) mass is 496 g/mol. The summed E-state index contributed by atoms with van der Waals surface area (Å²) >= 11 is 0. The lowest BCUT2D eigenvalue weighted by atomic mass is 9.98. The molecule has 0 aliphatic carbocycles. The number of carbonyl (C=O) groups is 3. The van der Waals surface area contributed by atoms with Crippen LogP contribution in [-0.4, -0.2) is 24.3 Å². The van der Waals surface area contributed by atoms with Crippen LogP contribution in [0.25, 0.3) is 11.1 Å². The number of cyclic esters (lactones) is 1. The summed E-state index contributed by atoms with van der Waals surface area (Å²) in [5, 5.41) is 5.83. The van der Waals surface area contributed by atoms with Crippen LogP contribution in [0.5, 0.6) is 0 Å². The van der Waals surface area contributed by atoms with E-state index in [2.05, 4.69) is 22.8 Å². The van der Waals surface area contributed by atoms with Gasteiger partial charge < -0.3 is 15.4 Å². The SMILES string of the molecule is O=C(C[C@@H]1C/C=C\CCC(=O)O[C@H](c2ccccc2)CNC1=O)NCc1ccc(-c2ccccc2)cc1. The Morgan fingerprint density at radius 3 is 2.27 bits per heavy atom. The number of carbonyl (C=O) groups excluding carboxylic acids is 3. The predicted molar refractivity (Wildman–Crippen MR) is 143 cm³/mol. The second kappa shape index (κ2) is 13.2. The highest BCUT2D eigenvalue weighted by molar-refractivity contribution is 5.86. The van der Waals surface area contributed by atoms with Crippen LogP contribution in [0.2, 0.25) is 0 Å². The van der Waals surface area contributed by atoms with Gasteiger partial charge in [0.1, 0.15) is 6.10 Å². The molecule has 0 fully saturated rings. The largest absolute Gasteiger partial charge is 0.456 e. The van der Waals surface area contributed by atoms with Gasteiger partial charge in [-0.2, -0.15) is 0 Å². The van der Waals surface area contributed by atoms with Gasteiger partial charge in [0.25, 0.3) is 0 Å². The highest BCUT2D eigenvalue weighted by Gasteiger charge is 2.24. The molecule has 3 aromatic rings. The maximum Gasteiger partial charge on any atom is 0.306 e. The van der Waals surface area contributed by atoms with Crippen molar-refractivity contribution in [2.24, 2.45) is 5.92 Å². The summed E-state index contributed by atoms with van der Waals surface area (Å²) in [5.41, 5.74) is 4.07. The summed E-state index contributed by atoms with van der Waals surface area (Å²) in [6.07, 6.45) is 4.46. The summed E-state index contributed by atoms with van der Waals surface area (Å²) in [6, 6.07) is 27.6. The predicted octanol–water partition coefficient (Wildman–Crippen LogP) is 5.12. The second-order valence-corrected chi connectivity index (χ2v) is 9.12. The molecule has 6 heteroatoms. The third-order valence-corrected chi connectivity index (χ3v) is 6.36. The Morgan fingerprint density at radius 1 is 0.865 bits per heavy atom. The van der Waals surface area contributed by atoms with Gasteiger partial charge in [-0.05, 0) is 35.1 Å². The van der Waals surface area contributed by atoms with Gasteiger partial charge in [0, 0.05) is 19.4 Å². The fourth-order valence-electron chi connectivity index (χ4n) is 4.26. The molecule has 1 aliphatic rings. The smallest absolute Gasteiger partial charge is 0.306 e. The molecule has 0 unspecified atom stereocenters. The van der Waals surface area contributed by atoms with Crippen LogP contribution in [0.1, 0.15) is 42.9 Å². The zero-order valence-electron chi connectivity index (χ0n) is 20.8. The van der Waals surface area contributed by atoms with Gasteiger partial charge in [0.15, 0.2) is 0 Å². The summed E-state index contributed by atoms with van der Waals surface area (Å²) in [6.45, 7) is 0.550. The molecule has 2 N–H and O–H groups in total. The van der Waals surface area contributed by atoms with E-state index in [0.29, 0.717) is 19.4 Å². The first-order chi connectivity index (χ1) is 18.1. The average molecular weight is 497 g/mol. The van der Waals surface area contributed by atoms with Crippen LogP contribution in [0, 0.1) is 5.92 Å². The molecule has 1 heterocycles. The lowest BCUT2D eigenvalue weighted by molar-refractivity contribution is -0.150. The molecule has 190 valence electrons. The Morgan fingerprint density at radius 2 is 1.54 bits per heavy atom. The van der Waals surface area contributed by atoms with Crippen LogP contribution in [0.3, 0.4) is 0 Å². The van der Waals surface area contributed by atoms with E-state index in [1.807, 2.05) is 84.9 Å². The average Bonchev–Trinajstić information content (AvgIpc) is 2.93. The molecule has 0 bridgehead atoms. The molecular formula is C31H32N2O4. The van der Waals surface area contributed by atoms with Crippen molar-refractivity contribution in [2.45, 2.75) is 38.3 Å². The number of hydrogen-bond donors (Lipinski definition) is 2. The minimum atomic E-state index is -0.575. The maximum atomic E-state index is 13.0. The Labute approximate surface area is 217 Å². The van der Waals surface area contributed by atoms with Crippen LogP contribution < -0.4 is 10.6 Å². The Kier molecular flexibility index (Phi) is 9.24. The molecule has 3 aromatic carbocycles. The normalized spacial score (nSPS) is 19.5. The first-order valence-corrected chi connectivity index (χ1v) is 12.7. The van der Waals surface area contributed by atoms with Crippen LogP contribution in [-0.2, 0) is 25.7 Å². The first-order valence-electron chi connectivity index (χ1n) is 12.7. The Bertz CT molecular complexity index is 1210. The van der Waals surface area contributed by atoms with Crippen molar-refractivity contribution < 1.29 is 19.1 Å². The van der Waals surface area contributed by atoms with E-state index in [0.717, 1.165) is 22.3 Å². The van der Waals surface area contributed by atoms with E-state index in [-0.39, 0.29) is 37.2 Å². The van der Waals surface area contributed by atoms with E-state index in [9.17, 15) is 14.4 Å². The van der Waals surface area contributed by atoms with Crippen LogP contribution in [0.4, 0.5) is 0 Å². The molecule has 0 spiro atoms. The molecule has 4 rings (SSSR count). The number of rotatable bonds is 6.